The quantitative estimate of drug-likeness (QED) is 0.180. The van der Waals surface area contributed by atoms with Gasteiger partial charge in [0.15, 0.2) is 5.11 Å². The van der Waals surface area contributed by atoms with Gasteiger partial charge in [-0.2, -0.15) is 0 Å². The minimum atomic E-state index is -0.787. The minimum Gasteiger partial charge on any atom is -0.494 e. The van der Waals surface area contributed by atoms with E-state index in [1.807, 2.05) is 11.8 Å². The van der Waals surface area contributed by atoms with E-state index in [2.05, 4.69) is 15.1 Å². The molecule has 2 saturated heterocycles. The zero-order chi connectivity index (χ0) is 34.0. The lowest BCUT2D eigenvalue weighted by Crippen LogP contribution is -2.47. The Hall–Kier alpha value is -4.55. The SMILES string of the molecule is CCCOc1ccc(NC(=O)C[C@@H]2C(=O)N(c3ccc(C(=O)OCC)cc3)C(=S)N2CCCN2CCN(c3ccc(F)cc3)CC2)cc1. The maximum atomic E-state index is 13.9. The second-order valence-electron chi connectivity index (χ2n) is 11.7. The first-order valence-corrected chi connectivity index (χ1v) is 16.9. The molecule has 48 heavy (non-hydrogen) atoms. The number of carbonyl (C=O) groups is 3. The maximum absolute atomic E-state index is 13.9. The lowest BCUT2D eigenvalue weighted by atomic mass is 10.1. The second kappa shape index (κ2) is 16.5. The molecular weight excluding hydrogens is 633 g/mol. The Morgan fingerprint density at radius 2 is 1.56 bits per heavy atom. The van der Waals surface area contributed by atoms with E-state index in [4.69, 9.17) is 21.7 Å². The van der Waals surface area contributed by atoms with E-state index in [0.29, 0.717) is 35.2 Å². The third kappa shape index (κ3) is 8.67. The van der Waals surface area contributed by atoms with Crippen LogP contribution in [0.1, 0.15) is 43.5 Å². The van der Waals surface area contributed by atoms with Gasteiger partial charge in [0.25, 0.3) is 5.91 Å². The molecule has 2 heterocycles. The number of rotatable bonds is 14. The van der Waals surface area contributed by atoms with Gasteiger partial charge >= 0.3 is 5.97 Å². The Labute approximate surface area is 286 Å². The van der Waals surface area contributed by atoms with Crippen LogP contribution in [0.25, 0.3) is 0 Å². The predicted octanol–water partition coefficient (Wildman–Crippen LogP) is 5.33. The number of amides is 2. The summed E-state index contributed by atoms with van der Waals surface area (Å²) in [6.45, 7) is 9.29. The number of hydrogen-bond acceptors (Lipinski definition) is 8. The van der Waals surface area contributed by atoms with Gasteiger partial charge in [-0.25, -0.2) is 9.18 Å². The summed E-state index contributed by atoms with van der Waals surface area (Å²) in [4.78, 5) is 47.3. The van der Waals surface area contributed by atoms with Crippen molar-refractivity contribution in [2.45, 2.75) is 39.2 Å². The molecule has 0 aliphatic carbocycles. The molecule has 12 heteroatoms. The van der Waals surface area contributed by atoms with E-state index < -0.39 is 12.0 Å². The van der Waals surface area contributed by atoms with Gasteiger partial charge in [-0.05, 0) is 111 Å². The van der Waals surface area contributed by atoms with Crippen LogP contribution in [0, 0.1) is 5.82 Å². The predicted molar refractivity (Wildman–Crippen MR) is 188 cm³/mol. The van der Waals surface area contributed by atoms with Crippen LogP contribution < -0.4 is 19.9 Å². The summed E-state index contributed by atoms with van der Waals surface area (Å²) in [6.07, 6.45) is 1.55. The van der Waals surface area contributed by atoms with Crippen molar-refractivity contribution < 1.29 is 28.2 Å². The Morgan fingerprint density at radius 3 is 2.21 bits per heavy atom. The Kier molecular flexibility index (Phi) is 12.0. The third-order valence-electron chi connectivity index (χ3n) is 8.38. The van der Waals surface area contributed by atoms with Crippen molar-refractivity contribution in [3.63, 3.8) is 0 Å². The first-order valence-electron chi connectivity index (χ1n) is 16.4. The number of benzene rings is 3. The van der Waals surface area contributed by atoms with Crippen LogP contribution in [0.3, 0.4) is 0 Å². The molecule has 0 radical (unpaired) electrons. The van der Waals surface area contributed by atoms with E-state index in [9.17, 15) is 18.8 Å². The van der Waals surface area contributed by atoms with Gasteiger partial charge in [0, 0.05) is 44.1 Å². The molecule has 2 amide bonds. The molecule has 2 fully saturated rings. The summed E-state index contributed by atoms with van der Waals surface area (Å²) in [5.41, 5.74) is 2.51. The summed E-state index contributed by atoms with van der Waals surface area (Å²) < 4.78 is 24.1. The largest absolute Gasteiger partial charge is 0.494 e. The van der Waals surface area contributed by atoms with Crippen LogP contribution in [0.4, 0.5) is 21.5 Å². The van der Waals surface area contributed by atoms with Crippen LogP contribution in [0.2, 0.25) is 0 Å². The fourth-order valence-corrected chi connectivity index (χ4v) is 6.29. The molecule has 3 aromatic carbocycles. The molecule has 0 spiro atoms. The van der Waals surface area contributed by atoms with Crippen molar-refractivity contribution in [3.05, 3.63) is 84.2 Å². The number of carbonyl (C=O) groups excluding carboxylic acids is 3. The van der Waals surface area contributed by atoms with Crippen molar-refractivity contribution in [3.8, 4) is 5.75 Å². The molecule has 0 bridgehead atoms. The number of ether oxygens (including phenoxy) is 2. The summed E-state index contributed by atoms with van der Waals surface area (Å²) in [5.74, 6) is -0.571. The van der Waals surface area contributed by atoms with E-state index in [1.165, 1.54) is 17.0 Å². The zero-order valence-corrected chi connectivity index (χ0v) is 28.2. The van der Waals surface area contributed by atoms with Crippen molar-refractivity contribution >= 4 is 52.2 Å². The average molecular weight is 676 g/mol. The Bertz CT molecular complexity index is 1560. The molecule has 1 N–H and O–H groups in total. The lowest BCUT2D eigenvalue weighted by molar-refractivity contribution is -0.124. The number of nitrogens with one attached hydrogen (secondary N) is 1. The number of nitrogens with zero attached hydrogens (tertiary/aromatic N) is 4. The van der Waals surface area contributed by atoms with Gasteiger partial charge in [0.1, 0.15) is 17.6 Å². The number of thiocarbonyl (C=S) groups is 1. The summed E-state index contributed by atoms with van der Waals surface area (Å²) in [7, 11) is 0. The van der Waals surface area contributed by atoms with Crippen molar-refractivity contribution in [1.29, 1.82) is 0 Å². The normalized spacial score (nSPS) is 16.7. The highest BCUT2D eigenvalue weighted by Gasteiger charge is 2.44. The van der Waals surface area contributed by atoms with E-state index in [-0.39, 0.29) is 30.7 Å². The van der Waals surface area contributed by atoms with Crippen molar-refractivity contribution in [2.24, 2.45) is 0 Å². The van der Waals surface area contributed by atoms with Gasteiger partial charge in [-0.15, -0.1) is 0 Å². The summed E-state index contributed by atoms with van der Waals surface area (Å²) in [6, 6.07) is 19.5. The second-order valence-corrected chi connectivity index (χ2v) is 12.1. The van der Waals surface area contributed by atoms with Crippen LogP contribution in [0.5, 0.6) is 5.75 Å². The fourth-order valence-electron chi connectivity index (χ4n) is 5.87. The van der Waals surface area contributed by atoms with Crippen LogP contribution in [-0.2, 0) is 14.3 Å². The Morgan fingerprint density at radius 1 is 0.896 bits per heavy atom. The molecule has 2 aliphatic rings. The molecular formula is C36H42FN5O5S. The number of anilines is 3. The number of hydrogen-bond donors (Lipinski definition) is 1. The van der Waals surface area contributed by atoms with Crippen LogP contribution in [-0.4, -0.2) is 91.2 Å². The Balaban J connectivity index is 1.24. The topological polar surface area (TPSA) is 94.7 Å². The number of halogens is 1. The first kappa shape index (κ1) is 34.8. The summed E-state index contributed by atoms with van der Waals surface area (Å²) >= 11 is 5.85. The molecule has 5 rings (SSSR count). The molecule has 0 unspecified atom stereocenters. The monoisotopic (exact) mass is 675 g/mol. The van der Waals surface area contributed by atoms with Gasteiger partial charge < -0.3 is 24.6 Å². The van der Waals surface area contributed by atoms with Gasteiger partial charge in [0.2, 0.25) is 5.91 Å². The standard InChI is InChI=1S/C36H42FN5O5S/c1-3-24-47-31-16-10-28(11-17-31)38-33(43)25-32-34(44)42(30-12-6-26(7-13-30)35(45)46-4-2)36(48)41(32)19-5-18-39-20-22-40(23-21-39)29-14-8-27(37)9-15-29/h6-17,32H,3-5,18-25H2,1-2H3,(H,38,43)/t32-/m1/s1. The van der Waals surface area contributed by atoms with E-state index in [1.54, 1.807) is 67.6 Å². The maximum Gasteiger partial charge on any atom is 0.338 e. The van der Waals surface area contributed by atoms with Gasteiger partial charge in [0.05, 0.1) is 30.9 Å². The molecule has 254 valence electrons. The fraction of sp³-hybridized carbons (Fsp3) is 0.389. The van der Waals surface area contributed by atoms with Crippen molar-refractivity contribution in [2.75, 3.05) is 67.6 Å². The molecule has 1 atom stereocenters. The highest BCUT2D eigenvalue weighted by molar-refractivity contribution is 7.80. The van der Waals surface area contributed by atoms with Crippen LogP contribution >= 0.6 is 12.2 Å². The minimum absolute atomic E-state index is 0.0825. The molecule has 0 aromatic heterocycles. The molecule has 10 nitrogen and oxygen atoms in total. The van der Waals surface area contributed by atoms with E-state index in [0.717, 1.165) is 57.0 Å². The molecule has 0 saturated carbocycles. The van der Waals surface area contributed by atoms with Crippen molar-refractivity contribution in [1.82, 2.24) is 9.80 Å². The average Bonchev–Trinajstić information content (AvgIpc) is 3.32. The summed E-state index contributed by atoms with van der Waals surface area (Å²) in [5, 5.41) is 3.22. The lowest BCUT2D eigenvalue weighted by Gasteiger charge is -2.36. The zero-order valence-electron chi connectivity index (χ0n) is 27.4. The number of piperazine rings is 1. The number of esters is 1. The highest BCUT2D eigenvalue weighted by Crippen LogP contribution is 2.29. The molecule has 3 aromatic rings. The van der Waals surface area contributed by atoms with Crippen LogP contribution in [0.15, 0.2) is 72.8 Å². The smallest absolute Gasteiger partial charge is 0.338 e. The first-order chi connectivity index (χ1) is 23.3. The van der Waals surface area contributed by atoms with E-state index >= 15 is 0 Å². The van der Waals surface area contributed by atoms with Gasteiger partial charge in [-0.1, -0.05) is 6.92 Å². The van der Waals surface area contributed by atoms with Gasteiger partial charge in [-0.3, -0.25) is 19.4 Å². The molecule has 2 aliphatic heterocycles. The highest BCUT2D eigenvalue weighted by atomic mass is 32.1. The third-order valence-corrected chi connectivity index (χ3v) is 8.80.